The predicted molar refractivity (Wildman–Crippen MR) is 54.9 cm³/mol. The standard InChI is InChI=1S/C11H19NO2/c1-8(13)11(2,3)7-6-10(14)12-9-4-5-9/h9H,4-7H2,1-3H3,(H,12,14). The highest BCUT2D eigenvalue weighted by atomic mass is 16.1. The van der Waals surface area contributed by atoms with Crippen molar-refractivity contribution in [1.29, 1.82) is 0 Å². The van der Waals surface area contributed by atoms with E-state index in [1.165, 1.54) is 0 Å². The minimum absolute atomic E-state index is 0.0850. The summed E-state index contributed by atoms with van der Waals surface area (Å²) in [6, 6.07) is 0.419. The van der Waals surface area contributed by atoms with Gasteiger partial charge in [-0.3, -0.25) is 9.59 Å². The topological polar surface area (TPSA) is 46.2 Å². The molecule has 1 amide bonds. The number of Topliss-reactive ketones (excluding diaryl/α,β-unsaturated/α-hetero) is 1. The fourth-order valence-electron chi connectivity index (χ4n) is 1.13. The van der Waals surface area contributed by atoms with Crippen LogP contribution in [-0.4, -0.2) is 17.7 Å². The minimum Gasteiger partial charge on any atom is -0.353 e. The van der Waals surface area contributed by atoms with Crippen LogP contribution in [0.1, 0.15) is 46.5 Å². The van der Waals surface area contributed by atoms with Gasteiger partial charge in [-0.05, 0) is 26.2 Å². The zero-order valence-electron chi connectivity index (χ0n) is 9.22. The maximum atomic E-state index is 11.3. The molecule has 0 aromatic heterocycles. The smallest absolute Gasteiger partial charge is 0.220 e. The lowest BCUT2D eigenvalue weighted by atomic mass is 9.84. The van der Waals surface area contributed by atoms with E-state index >= 15 is 0 Å². The summed E-state index contributed by atoms with van der Waals surface area (Å²) in [5.41, 5.74) is -0.360. The van der Waals surface area contributed by atoms with Crippen LogP contribution >= 0.6 is 0 Å². The summed E-state index contributed by atoms with van der Waals surface area (Å²) in [5, 5.41) is 2.92. The van der Waals surface area contributed by atoms with Crippen LogP contribution in [0.15, 0.2) is 0 Å². The number of hydrogen-bond donors (Lipinski definition) is 1. The predicted octanol–water partition coefficient (Wildman–Crippen LogP) is 1.66. The summed E-state index contributed by atoms with van der Waals surface area (Å²) in [7, 11) is 0. The molecule has 1 rings (SSSR count). The number of ketones is 1. The molecule has 0 saturated heterocycles. The highest BCUT2D eigenvalue weighted by Crippen LogP contribution is 2.24. The number of nitrogens with one attached hydrogen (secondary N) is 1. The summed E-state index contributed by atoms with van der Waals surface area (Å²) >= 11 is 0. The summed E-state index contributed by atoms with van der Waals surface area (Å²) in [6.07, 6.45) is 3.33. The SMILES string of the molecule is CC(=O)C(C)(C)CCC(=O)NC1CC1. The van der Waals surface area contributed by atoms with Gasteiger partial charge in [0.25, 0.3) is 0 Å². The van der Waals surface area contributed by atoms with Crippen molar-refractivity contribution < 1.29 is 9.59 Å². The zero-order chi connectivity index (χ0) is 10.8. The van der Waals surface area contributed by atoms with Gasteiger partial charge < -0.3 is 5.32 Å². The number of rotatable bonds is 5. The first-order valence-corrected chi connectivity index (χ1v) is 5.22. The van der Waals surface area contributed by atoms with Gasteiger partial charge in [0.1, 0.15) is 5.78 Å². The zero-order valence-corrected chi connectivity index (χ0v) is 9.22. The normalized spacial score (nSPS) is 16.5. The van der Waals surface area contributed by atoms with Gasteiger partial charge in [-0.1, -0.05) is 13.8 Å². The molecule has 0 atom stereocenters. The van der Waals surface area contributed by atoms with E-state index in [1.54, 1.807) is 6.92 Å². The van der Waals surface area contributed by atoms with Crippen molar-refractivity contribution in [1.82, 2.24) is 5.32 Å². The first-order valence-electron chi connectivity index (χ1n) is 5.22. The molecule has 1 fully saturated rings. The van der Waals surface area contributed by atoms with Crippen molar-refractivity contribution >= 4 is 11.7 Å². The molecule has 0 heterocycles. The van der Waals surface area contributed by atoms with Crippen LogP contribution in [0.2, 0.25) is 0 Å². The highest BCUT2D eigenvalue weighted by molar-refractivity contribution is 5.83. The first-order chi connectivity index (χ1) is 6.42. The van der Waals surface area contributed by atoms with Crippen LogP contribution in [0, 0.1) is 5.41 Å². The van der Waals surface area contributed by atoms with Gasteiger partial charge in [-0.2, -0.15) is 0 Å². The van der Waals surface area contributed by atoms with Crippen molar-refractivity contribution in [2.24, 2.45) is 5.41 Å². The lowest BCUT2D eigenvalue weighted by molar-refractivity contribution is -0.126. The maximum absolute atomic E-state index is 11.3. The molecule has 3 nitrogen and oxygen atoms in total. The molecule has 0 radical (unpaired) electrons. The molecule has 0 unspecified atom stereocenters. The van der Waals surface area contributed by atoms with Crippen LogP contribution in [-0.2, 0) is 9.59 Å². The molecule has 3 heteroatoms. The Morgan fingerprint density at radius 3 is 2.36 bits per heavy atom. The van der Waals surface area contributed by atoms with E-state index in [2.05, 4.69) is 5.32 Å². The van der Waals surface area contributed by atoms with E-state index in [0.717, 1.165) is 12.8 Å². The Morgan fingerprint density at radius 1 is 1.36 bits per heavy atom. The average Bonchev–Trinajstić information content (AvgIpc) is 2.85. The van der Waals surface area contributed by atoms with Crippen LogP contribution in [0.3, 0.4) is 0 Å². The van der Waals surface area contributed by atoms with E-state index < -0.39 is 0 Å². The quantitative estimate of drug-likeness (QED) is 0.728. The van der Waals surface area contributed by atoms with Gasteiger partial charge in [0, 0.05) is 17.9 Å². The Balaban J connectivity index is 2.24. The Morgan fingerprint density at radius 2 is 1.93 bits per heavy atom. The van der Waals surface area contributed by atoms with Crippen molar-refractivity contribution in [3.05, 3.63) is 0 Å². The van der Waals surface area contributed by atoms with Crippen LogP contribution in [0.4, 0.5) is 0 Å². The molecule has 1 saturated carbocycles. The molecule has 80 valence electrons. The number of carbonyl (C=O) groups is 2. The van der Waals surface area contributed by atoms with E-state index in [9.17, 15) is 9.59 Å². The van der Waals surface area contributed by atoms with Gasteiger partial charge in [0.05, 0.1) is 0 Å². The third-order valence-electron chi connectivity index (χ3n) is 2.87. The van der Waals surface area contributed by atoms with Gasteiger partial charge in [-0.25, -0.2) is 0 Å². The van der Waals surface area contributed by atoms with E-state index in [0.29, 0.717) is 18.9 Å². The molecule has 0 aromatic rings. The summed E-state index contributed by atoms with van der Waals surface area (Å²) < 4.78 is 0. The van der Waals surface area contributed by atoms with Crippen LogP contribution in [0.5, 0.6) is 0 Å². The summed E-state index contributed by atoms with van der Waals surface area (Å²) in [5.74, 6) is 0.235. The lowest BCUT2D eigenvalue weighted by Crippen LogP contribution is -2.28. The Hall–Kier alpha value is -0.860. The van der Waals surface area contributed by atoms with Gasteiger partial charge >= 0.3 is 0 Å². The number of amides is 1. The molecule has 0 aromatic carbocycles. The summed E-state index contributed by atoms with van der Waals surface area (Å²) in [6.45, 7) is 5.36. The molecule has 1 aliphatic rings. The van der Waals surface area contributed by atoms with Crippen molar-refractivity contribution in [2.75, 3.05) is 0 Å². The molecular formula is C11H19NO2. The average molecular weight is 197 g/mol. The largest absolute Gasteiger partial charge is 0.353 e. The maximum Gasteiger partial charge on any atom is 0.220 e. The second-order valence-corrected chi connectivity index (χ2v) is 4.78. The first kappa shape index (κ1) is 11.2. The van der Waals surface area contributed by atoms with Gasteiger partial charge in [0.15, 0.2) is 0 Å². The minimum atomic E-state index is -0.360. The number of carbonyl (C=O) groups excluding carboxylic acids is 2. The van der Waals surface area contributed by atoms with E-state index in [4.69, 9.17) is 0 Å². The third-order valence-corrected chi connectivity index (χ3v) is 2.87. The summed E-state index contributed by atoms with van der Waals surface area (Å²) in [4.78, 5) is 22.5. The molecule has 1 N–H and O–H groups in total. The van der Waals surface area contributed by atoms with Gasteiger partial charge in [0.2, 0.25) is 5.91 Å². The van der Waals surface area contributed by atoms with Gasteiger partial charge in [-0.15, -0.1) is 0 Å². The van der Waals surface area contributed by atoms with E-state index in [1.807, 2.05) is 13.8 Å². The molecule has 0 spiro atoms. The Kier molecular flexibility index (Phi) is 3.29. The molecule has 14 heavy (non-hydrogen) atoms. The fourth-order valence-corrected chi connectivity index (χ4v) is 1.13. The molecule has 1 aliphatic carbocycles. The Labute approximate surface area is 85.3 Å². The monoisotopic (exact) mass is 197 g/mol. The highest BCUT2D eigenvalue weighted by Gasteiger charge is 2.27. The second-order valence-electron chi connectivity index (χ2n) is 4.78. The number of hydrogen-bond acceptors (Lipinski definition) is 2. The van der Waals surface area contributed by atoms with Crippen LogP contribution < -0.4 is 5.32 Å². The van der Waals surface area contributed by atoms with Crippen molar-refractivity contribution in [2.45, 2.75) is 52.5 Å². The van der Waals surface area contributed by atoms with E-state index in [-0.39, 0.29) is 17.1 Å². The molecule has 0 aliphatic heterocycles. The third kappa shape index (κ3) is 3.48. The second kappa shape index (κ2) is 4.11. The molecule has 0 bridgehead atoms. The van der Waals surface area contributed by atoms with Crippen LogP contribution in [0.25, 0.3) is 0 Å². The molecular weight excluding hydrogens is 178 g/mol. The van der Waals surface area contributed by atoms with Crippen molar-refractivity contribution in [3.63, 3.8) is 0 Å². The Bertz CT molecular complexity index is 242. The fraction of sp³-hybridized carbons (Fsp3) is 0.818. The van der Waals surface area contributed by atoms with Crippen molar-refractivity contribution in [3.8, 4) is 0 Å². The lowest BCUT2D eigenvalue weighted by Gasteiger charge is -2.20.